The van der Waals surface area contributed by atoms with E-state index >= 15 is 0 Å². The van der Waals surface area contributed by atoms with Crippen molar-refractivity contribution in [3.8, 4) is 11.3 Å². The molecule has 0 saturated heterocycles. The number of hydrogen-bond donors (Lipinski definition) is 1. The van der Waals surface area contributed by atoms with Crippen molar-refractivity contribution in [1.82, 2.24) is 39.8 Å². The molecule has 1 atom stereocenters. The summed E-state index contributed by atoms with van der Waals surface area (Å²) in [4.78, 5) is 10.3. The van der Waals surface area contributed by atoms with Gasteiger partial charge in [0.1, 0.15) is 21.1 Å². The maximum Gasteiger partial charge on any atom is 0.234 e. The lowest BCUT2D eigenvalue weighted by Gasteiger charge is -2.26. The Kier molecular flexibility index (Phi) is 3.56. The molecule has 1 fully saturated rings. The summed E-state index contributed by atoms with van der Waals surface area (Å²) in [5.41, 5.74) is 4.94. The van der Waals surface area contributed by atoms with Gasteiger partial charge in [-0.2, -0.15) is 9.73 Å². The van der Waals surface area contributed by atoms with E-state index in [4.69, 9.17) is 4.98 Å². The molecule has 154 valence electrons. The Bertz CT molecular complexity index is 1620. The van der Waals surface area contributed by atoms with Crippen LogP contribution in [0.1, 0.15) is 19.3 Å². The molecule has 0 aromatic carbocycles. The van der Waals surface area contributed by atoms with E-state index in [1.54, 1.807) is 21.7 Å². The van der Waals surface area contributed by atoms with Crippen molar-refractivity contribution in [2.45, 2.75) is 28.7 Å². The van der Waals surface area contributed by atoms with Gasteiger partial charge in [-0.3, -0.25) is 5.10 Å². The van der Waals surface area contributed by atoms with E-state index in [2.05, 4.69) is 31.6 Å². The topological polar surface area (TPSA) is 113 Å². The Labute approximate surface area is 182 Å². The number of aromatic amines is 1. The first-order valence-electron chi connectivity index (χ1n) is 10.0. The van der Waals surface area contributed by atoms with Crippen LogP contribution in [-0.4, -0.2) is 49.6 Å². The third-order valence-electron chi connectivity index (χ3n) is 6.04. The van der Waals surface area contributed by atoms with Crippen LogP contribution in [0.25, 0.3) is 49.1 Å². The molecule has 1 aliphatic carbocycles. The van der Waals surface area contributed by atoms with Crippen molar-refractivity contribution in [2.75, 3.05) is 0 Å². The Hall–Kier alpha value is -3.02. The van der Waals surface area contributed by atoms with Crippen LogP contribution >= 0.6 is 11.3 Å². The van der Waals surface area contributed by atoms with E-state index in [0.29, 0.717) is 0 Å². The highest BCUT2D eigenvalue weighted by molar-refractivity contribution is 7.94. The first kappa shape index (κ1) is 17.6. The third-order valence-corrected chi connectivity index (χ3v) is 9.31. The summed E-state index contributed by atoms with van der Waals surface area (Å²) in [5, 5.41) is 18.3. The molecular formula is C20H16N8OS2. The van der Waals surface area contributed by atoms with E-state index in [0.717, 1.165) is 72.5 Å². The lowest BCUT2D eigenvalue weighted by Crippen LogP contribution is -2.28. The molecule has 0 aliphatic heterocycles. The average Bonchev–Trinajstić information content (AvgIpc) is 3.45. The van der Waals surface area contributed by atoms with Gasteiger partial charge in [0.15, 0.2) is 5.65 Å². The van der Waals surface area contributed by atoms with Gasteiger partial charge >= 0.3 is 0 Å². The molecule has 6 heterocycles. The van der Waals surface area contributed by atoms with Gasteiger partial charge in [0.25, 0.3) is 0 Å². The van der Waals surface area contributed by atoms with E-state index in [-0.39, 0.29) is 5.25 Å². The molecule has 0 unspecified atom stereocenters. The summed E-state index contributed by atoms with van der Waals surface area (Å²) in [6, 6.07) is 5.98. The fraction of sp³-hybridized carbons (Fsp3) is 0.250. The minimum absolute atomic E-state index is 0.233. The number of fused-ring (bicyclic) bond motifs is 3. The summed E-state index contributed by atoms with van der Waals surface area (Å²) < 4.78 is 17.5. The Morgan fingerprint density at radius 3 is 3.03 bits per heavy atom. The van der Waals surface area contributed by atoms with Crippen LogP contribution in [0.2, 0.25) is 0 Å². The minimum atomic E-state index is -1.05. The Balaban J connectivity index is 1.52. The standard InChI is InChI=1S/C20H16N8OS2/c1-27-18-14(24-26-27)7-10(9-21-18)13-8-12-15-5-6-22-28(15)25-17-16(12)19(23-13)30-20(17)31(29)11-3-2-4-11/h5-9,11,25H,2-4H2,1H3/t31-/m1/s1. The molecule has 6 aromatic rings. The van der Waals surface area contributed by atoms with Crippen LogP contribution in [0.5, 0.6) is 0 Å². The fourth-order valence-electron chi connectivity index (χ4n) is 4.18. The number of rotatable bonds is 3. The summed E-state index contributed by atoms with van der Waals surface area (Å²) in [5.74, 6) is 0. The minimum Gasteiger partial charge on any atom is -0.611 e. The van der Waals surface area contributed by atoms with Crippen LogP contribution in [0, 0.1) is 0 Å². The molecule has 1 N–H and O–H groups in total. The second-order valence-electron chi connectivity index (χ2n) is 7.87. The number of thiophene rings is 1. The van der Waals surface area contributed by atoms with Crippen molar-refractivity contribution in [2.24, 2.45) is 7.05 Å². The molecule has 31 heavy (non-hydrogen) atoms. The second-order valence-corrected chi connectivity index (χ2v) is 10.8. The van der Waals surface area contributed by atoms with Gasteiger partial charge in [0.05, 0.1) is 22.8 Å². The lowest BCUT2D eigenvalue weighted by atomic mass is 10.0. The van der Waals surface area contributed by atoms with Gasteiger partial charge < -0.3 is 4.55 Å². The van der Waals surface area contributed by atoms with Crippen molar-refractivity contribution < 1.29 is 4.55 Å². The maximum absolute atomic E-state index is 13.3. The van der Waals surface area contributed by atoms with Gasteiger partial charge in [-0.1, -0.05) is 16.6 Å². The normalized spacial score (nSPS) is 16.1. The molecule has 0 spiro atoms. The second kappa shape index (κ2) is 6.25. The third kappa shape index (κ3) is 2.45. The van der Waals surface area contributed by atoms with Crippen LogP contribution in [-0.2, 0) is 18.2 Å². The summed E-state index contributed by atoms with van der Waals surface area (Å²) in [6.45, 7) is 0. The van der Waals surface area contributed by atoms with Gasteiger partial charge in [0.2, 0.25) is 4.21 Å². The van der Waals surface area contributed by atoms with Crippen LogP contribution in [0.3, 0.4) is 0 Å². The molecule has 0 radical (unpaired) electrons. The molecule has 0 bridgehead atoms. The molecule has 1 aliphatic rings. The largest absolute Gasteiger partial charge is 0.611 e. The molecule has 9 nitrogen and oxygen atoms in total. The smallest absolute Gasteiger partial charge is 0.234 e. The van der Waals surface area contributed by atoms with Crippen LogP contribution in [0.15, 0.2) is 34.8 Å². The zero-order chi connectivity index (χ0) is 20.7. The van der Waals surface area contributed by atoms with Crippen LogP contribution in [0.4, 0.5) is 0 Å². The quantitative estimate of drug-likeness (QED) is 0.415. The summed E-state index contributed by atoms with van der Waals surface area (Å²) >= 11 is 0.462. The van der Waals surface area contributed by atoms with E-state index < -0.39 is 11.2 Å². The van der Waals surface area contributed by atoms with Crippen molar-refractivity contribution >= 4 is 60.3 Å². The lowest BCUT2D eigenvalue weighted by molar-refractivity contribution is 0.478. The number of nitrogens with one attached hydrogen (secondary N) is 1. The highest BCUT2D eigenvalue weighted by Gasteiger charge is 2.35. The van der Waals surface area contributed by atoms with E-state index in [1.807, 2.05) is 19.2 Å². The van der Waals surface area contributed by atoms with Crippen molar-refractivity contribution in [1.29, 1.82) is 0 Å². The summed E-state index contributed by atoms with van der Waals surface area (Å²) in [7, 11) is 1.82. The number of pyridine rings is 2. The van der Waals surface area contributed by atoms with E-state index in [9.17, 15) is 4.55 Å². The van der Waals surface area contributed by atoms with E-state index in [1.165, 1.54) is 11.3 Å². The number of aryl methyl sites for hydroxylation is 1. The predicted octanol–water partition coefficient (Wildman–Crippen LogP) is 3.43. The molecule has 0 amide bonds. The maximum atomic E-state index is 13.3. The zero-order valence-corrected chi connectivity index (χ0v) is 18.1. The highest BCUT2D eigenvalue weighted by Crippen LogP contribution is 2.43. The predicted molar refractivity (Wildman–Crippen MR) is 120 cm³/mol. The Morgan fingerprint density at radius 2 is 2.19 bits per heavy atom. The molecule has 11 heteroatoms. The Morgan fingerprint density at radius 1 is 1.29 bits per heavy atom. The molecule has 6 aromatic heterocycles. The highest BCUT2D eigenvalue weighted by atomic mass is 32.2. The zero-order valence-electron chi connectivity index (χ0n) is 16.4. The number of aromatic nitrogens is 8. The van der Waals surface area contributed by atoms with Gasteiger partial charge in [-0.05, 0) is 37.5 Å². The first-order valence-corrected chi connectivity index (χ1v) is 12.1. The number of H-pyrrole nitrogens is 1. The number of nitrogens with zero attached hydrogens (tertiary/aromatic N) is 7. The van der Waals surface area contributed by atoms with Crippen LogP contribution < -0.4 is 0 Å². The SMILES string of the molecule is Cn1nnc2cc(-c3cc4c5c(n3)sc([S@+]([O-])C3CCC3)c5[nH]n3nccc43)cnc21. The number of hydrogen-bond acceptors (Lipinski definition) is 7. The molecule has 7 rings (SSSR count). The van der Waals surface area contributed by atoms with Gasteiger partial charge in [-0.15, -0.1) is 5.10 Å². The molecule has 1 saturated carbocycles. The molecular weight excluding hydrogens is 432 g/mol. The van der Waals surface area contributed by atoms with Gasteiger partial charge in [0, 0.05) is 35.4 Å². The van der Waals surface area contributed by atoms with Crippen molar-refractivity contribution in [3.63, 3.8) is 0 Å². The first-order chi connectivity index (χ1) is 15.2. The fourth-order valence-corrected chi connectivity index (χ4v) is 7.45. The summed E-state index contributed by atoms with van der Waals surface area (Å²) in [6.07, 6.45) is 6.75. The average molecular weight is 449 g/mol. The van der Waals surface area contributed by atoms with Crippen molar-refractivity contribution in [3.05, 3.63) is 30.6 Å². The monoisotopic (exact) mass is 448 g/mol. The van der Waals surface area contributed by atoms with Gasteiger partial charge in [-0.25, -0.2) is 14.6 Å².